The number of carbonyl (C=O) groups is 1. The van der Waals surface area contributed by atoms with Gasteiger partial charge in [-0.2, -0.15) is 0 Å². The van der Waals surface area contributed by atoms with E-state index in [-0.39, 0.29) is 11.8 Å². The van der Waals surface area contributed by atoms with Crippen molar-refractivity contribution in [2.45, 2.75) is 41.0 Å². The van der Waals surface area contributed by atoms with E-state index in [2.05, 4.69) is 32.6 Å². The quantitative estimate of drug-likeness (QED) is 0.659. The van der Waals surface area contributed by atoms with Crippen LogP contribution in [0.1, 0.15) is 41.0 Å². The minimum Gasteiger partial charge on any atom is -0.341 e. The Morgan fingerprint density at radius 1 is 1.11 bits per heavy atom. The Bertz CT molecular complexity index is 236. The lowest BCUT2D eigenvalue weighted by Crippen LogP contribution is -2.44. The van der Waals surface area contributed by atoms with Crippen molar-refractivity contribution in [3.05, 3.63) is 0 Å². The summed E-state index contributed by atoms with van der Waals surface area (Å²) in [4.78, 5) is 16.8. The van der Waals surface area contributed by atoms with Gasteiger partial charge in [0.05, 0.1) is 5.92 Å². The third-order valence-electron chi connectivity index (χ3n) is 3.60. The van der Waals surface area contributed by atoms with Crippen LogP contribution in [0.25, 0.3) is 0 Å². The van der Waals surface area contributed by atoms with Crippen LogP contribution in [-0.4, -0.2) is 55.0 Å². The van der Waals surface area contributed by atoms with E-state index in [0.29, 0.717) is 12.5 Å². The van der Waals surface area contributed by atoms with Gasteiger partial charge in [-0.25, -0.2) is 0 Å². The predicted molar refractivity (Wildman–Crippen MR) is 82.0 cm³/mol. The minimum atomic E-state index is -0.0181. The summed E-state index contributed by atoms with van der Waals surface area (Å²) in [5.74, 6) is 0.706. The van der Waals surface area contributed by atoms with Crippen LogP contribution in [0.15, 0.2) is 0 Å². The molecule has 0 aromatic carbocycles. The zero-order chi connectivity index (χ0) is 14.8. The fraction of sp³-hybridized carbons (Fsp3) is 0.933. The molecule has 1 atom stereocenters. The number of rotatable bonds is 10. The molecule has 4 nitrogen and oxygen atoms in total. The third kappa shape index (κ3) is 6.92. The van der Waals surface area contributed by atoms with Crippen molar-refractivity contribution in [3.63, 3.8) is 0 Å². The molecular formula is C15H33N3O. The molecule has 0 rings (SSSR count). The number of carbonyl (C=O) groups excluding carboxylic acids is 1. The molecule has 0 saturated carbocycles. The van der Waals surface area contributed by atoms with Gasteiger partial charge in [0, 0.05) is 26.2 Å². The van der Waals surface area contributed by atoms with E-state index in [1.54, 1.807) is 0 Å². The fourth-order valence-electron chi connectivity index (χ4n) is 2.23. The van der Waals surface area contributed by atoms with Gasteiger partial charge >= 0.3 is 0 Å². The Hall–Kier alpha value is -0.610. The van der Waals surface area contributed by atoms with Gasteiger partial charge in [-0.1, -0.05) is 34.6 Å². The van der Waals surface area contributed by atoms with Crippen LogP contribution >= 0.6 is 0 Å². The van der Waals surface area contributed by atoms with Crippen molar-refractivity contribution in [2.75, 3.05) is 39.3 Å². The molecule has 0 heterocycles. The maximum atomic E-state index is 12.5. The van der Waals surface area contributed by atoms with E-state index in [1.165, 1.54) is 0 Å². The van der Waals surface area contributed by atoms with Crippen molar-refractivity contribution >= 4 is 5.91 Å². The van der Waals surface area contributed by atoms with Crippen LogP contribution in [0.5, 0.6) is 0 Å². The molecule has 0 aromatic heterocycles. The second-order valence-electron chi connectivity index (χ2n) is 5.55. The average molecular weight is 271 g/mol. The van der Waals surface area contributed by atoms with E-state index in [4.69, 9.17) is 5.73 Å². The highest BCUT2D eigenvalue weighted by atomic mass is 16.2. The maximum absolute atomic E-state index is 12.5. The Balaban J connectivity index is 4.57. The van der Waals surface area contributed by atoms with Gasteiger partial charge in [-0.05, 0) is 25.4 Å². The van der Waals surface area contributed by atoms with Crippen LogP contribution in [0.2, 0.25) is 0 Å². The van der Waals surface area contributed by atoms with E-state index in [1.807, 2.05) is 11.8 Å². The zero-order valence-electron chi connectivity index (χ0n) is 13.5. The van der Waals surface area contributed by atoms with Crippen LogP contribution in [0.4, 0.5) is 0 Å². The van der Waals surface area contributed by atoms with E-state index >= 15 is 0 Å². The zero-order valence-corrected chi connectivity index (χ0v) is 13.5. The van der Waals surface area contributed by atoms with Crippen molar-refractivity contribution in [1.29, 1.82) is 0 Å². The third-order valence-corrected chi connectivity index (χ3v) is 3.60. The maximum Gasteiger partial charge on any atom is 0.226 e. The van der Waals surface area contributed by atoms with Gasteiger partial charge in [0.15, 0.2) is 0 Å². The molecule has 0 aliphatic rings. The lowest BCUT2D eigenvalue weighted by molar-refractivity contribution is -0.136. The van der Waals surface area contributed by atoms with Crippen LogP contribution in [0.3, 0.4) is 0 Å². The summed E-state index contributed by atoms with van der Waals surface area (Å²) >= 11 is 0. The first-order valence-electron chi connectivity index (χ1n) is 7.71. The predicted octanol–water partition coefficient (Wildman–Crippen LogP) is 1.80. The van der Waals surface area contributed by atoms with Crippen molar-refractivity contribution in [3.8, 4) is 0 Å². The fourth-order valence-corrected chi connectivity index (χ4v) is 2.23. The smallest absolute Gasteiger partial charge is 0.226 e. The number of nitrogens with zero attached hydrogens (tertiary/aromatic N) is 2. The highest BCUT2D eigenvalue weighted by molar-refractivity contribution is 5.79. The Morgan fingerprint density at radius 2 is 1.68 bits per heavy atom. The normalized spacial score (nSPS) is 13.1. The minimum absolute atomic E-state index is 0.0181. The second-order valence-corrected chi connectivity index (χ2v) is 5.55. The summed E-state index contributed by atoms with van der Waals surface area (Å²) in [5, 5.41) is 0. The van der Waals surface area contributed by atoms with E-state index in [0.717, 1.165) is 39.1 Å². The van der Waals surface area contributed by atoms with Crippen LogP contribution < -0.4 is 5.73 Å². The molecule has 2 N–H and O–H groups in total. The molecule has 114 valence electrons. The van der Waals surface area contributed by atoms with Crippen molar-refractivity contribution in [1.82, 2.24) is 9.80 Å². The molecule has 0 fully saturated rings. The summed E-state index contributed by atoms with van der Waals surface area (Å²) in [6, 6.07) is 0. The molecule has 0 radical (unpaired) electrons. The number of nitrogens with two attached hydrogens (primary N) is 1. The topological polar surface area (TPSA) is 49.6 Å². The van der Waals surface area contributed by atoms with E-state index < -0.39 is 0 Å². The van der Waals surface area contributed by atoms with Gasteiger partial charge in [0.2, 0.25) is 5.91 Å². The lowest BCUT2D eigenvalue weighted by atomic mass is 10.0. The molecule has 0 spiro atoms. The standard InChI is InChI=1S/C15H33N3O/c1-6-14(11-16)15(19)18(12-13(4)5)10-9-17(7-2)8-3/h13-14H,6-12,16H2,1-5H3. The first kappa shape index (κ1) is 18.4. The SMILES string of the molecule is CCC(CN)C(=O)N(CCN(CC)CC)CC(C)C. The molecule has 0 aliphatic heterocycles. The Labute approximate surface area is 119 Å². The van der Waals surface area contributed by atoms with Crippen LogP contribution in [-0.2, 0) is 4.79 Å². The molecule has 0 bridgehead atoms. The molecule has 0 aliphatic carbocycles. The largest absolute Gasteiger partial charge is 0.341 e. The molecule has 1 unspecified atom stereocenters. The lowest BCUT2D eigenvalue weighted by Gasteiger charge is -2.30. The summed E-state index contributed by atoms with van der Waals surface area (Å²) in [5.41, 5.74) is 5.70. The first-order chi connectivity index (χ1) is 8.99. The van der Waals surface area contributed by atoms with Gasteiger partial charge < -0.3 is 15.5 Å². The molecular weight excluding hydrogens is 238 g/mol. The van der Waals surface area contributed by atoms with Gasteiger partial charge in [0.1, 0.15) is 0 Å². The first-order valence-corrected chi connectivity index (χ1v) is 7.71. The monoisotopic (exact) mass is 271 g/mol. The number of likely N-dealkylation sites (N-methyl/N-ethyl adjacent to an activating group) is 1. The van der Waals surface area contributed by atoms with E-state index in [9.17, 15) is 4.79 Å². The molecule has 0 aromatic rings. The van der Waals surface area contributed by atoms with Crippen molar-refractivity contribution < 1.29 is 4.79 Å². The van der Waals surface area contributed by atoms with Gasteiger partial charge in [-0.3, -0.25) is 4.79 Å². The highest BCUT2D eigenvalue weighted by Crippen LogP contribution is 2.09. The Morgan fingerprint density at radius 3 is 2.05 bits per heavy atom. The van der Waals surface area contributed by atoms with Crippen LogP contribution in [0, 0.1) is 11.8 Å². The molecule has 19 heavy (non-hydrogen) atoms. The highest BCUT2D eigenvalue weighted by Gasteiger charge is 2.22. The molecule has 1 amide bonds. The summed E-state index contributed by atoms with van der Waals surface area (Å²) in [6.07, 6.45) is 0.829. The summed E-state index contributed by atoms with van der Waals surface area (Å²) in [6.45, 7) is 15.8. The summed E-state index contributed by atoms with van der Waals surface area (Å²) < 4.78 is 0. The molecule has 4 heteroatoms. The number of hydrogen-bond acceptors (Lipinski definition) is 3. The number of hydrogen-bond donors (Lipinski definition) is 1. The average Bonchev–Trinajstić information content (AvgIpc) is 2.39. The molecule has 0 saturated heterocycles. The Kier molecular flexibility index (Phi) is 9.88. The van der Waals surface area contributed by atoms with Crippen molar-refractivity contribution in [2.24, 2.45) is 17.6 Å². The van der Waals surface area contributed by atoms with Gasteiger partial charge in [0.25, 0.3) is 0 Å². The number of amides is 1. The summed E-state index contributed by atoms with van der Waals surface area (Å²) in [7, 11) is 0. The van der Waals surface area contributed by atoms with Gasteiger partial charge in [-0.15, -0.1) is 0 Å². The second kappa shape index (κ2) is 10.2.